The summed E-state index contributed by atoms with van der Waals surface area (Å²) in [5.41, 5.74) is 5.28. The van der Waals surface area contributed by atoms with Gasteiger partial charge in [-0.25, -0.2) is 8.42 Å². The number of benzene rings is 1. The summed E-state index contributed by atoms with van der Waals surface area (Å²) in [6.45, 7) is 0.464. The number of sulfonamides is 1. The second kappa shape index (κ2) is 6.89. The summed E-state index contributed by atoms with van der Waals surface area (Å²) >= 11 is 5.76. The monoisotopic (exact) mass is 355 g/mol. The topological polar surface area (TPSA) is 107 Å². The van der Waals surface area contributed by atoms with Crippen molar-refractivity contribution in [3.05, 3.63) is 33.3 Å². The van der Waals surface area contributed by atoms with Crippen molar-refractivity contribution in [2.24, 2.45) is 5.73 Å². The third-order valence-electron chi connectivity index (χ3n) is 3.16. The molecule has 1 saturated heterocycles. The highest BCUT2D eigenvalue weighted by atomic mass is 35.5. The molecular weight excluding hydrogens is 341 g/mol. The fraction of sp³-hybridized carbons (Fsp3) is 0.455. The smallest absolute Gasteiger partial charge is 0.289 e. The van der Waals surface area contributed by atoms with Crippen molar-refractivity contribution in [3.8, 4) is 0 Å². The predicted octanol–water partition coefficient (Wildman–Crippen LogP) is 1.78. The number of piperidine rings is 1. The van der Waals surface area contributed by atoms with Crippen molar-refractivity contribution < 1.29 is 13.3 Å². The highest BCUT2D eigenvalue weighted by Gasteiger charge is 2.34. The van der Waals surface area contributed by atoms with Crippen molar-refractivity contribution >= 4 is 39.7 Å². The van der Waals surface area contributed by atoms with Crippen LogP contribution < -0.4 is 5.73 Å². The minimum atomic E-state index is -3.97. The van der Waals surface area contributed by atoms with E-state index in [1.54, 1.807) is 0 Å². The number of nitrogens with zero attached hydrogens (tertiary/aromatic N) is 2. The maximum Gasteiger partial charge on any atom is 0.289 e. The number of nitro benzene ring substituents is 1. The molecule has 0 bridgehead atoms. The Morgan fingerprint density at radius 2 is 2.10 bits per heavy atom. The van der Waals surface area contributed by atoms with Crippen LogP contribution in [0.4, 0.5) is 5.69 Å². The van der Waals surface area contributed by atoms with Gasteiger partial charge in [0.15, 0.2) is 4.90 Å². The summed E-state index contributed by atoms with van der Waals surface area (Å²) in [6.07, 6.45) is 1.37. The minimum Gasteiger partial charge on any atom is -0.327 e. The fourth-order valence-corrected chi connectivity index (χ4v) is 4.13. The second-order valence-corrected chi connectivity index (χ2v) is 6.98. The first-order valence-corrected chi connectivity index (χ1v) is 7.84. The lowest BCUT2D eigenvalue weighted by Gasteiger charge is -2.29. The van der Waals surface area contributed by atoms with Crippen molar-refractivity contribution in [2.45, 2.75) is 23.8 Å². The molecule has 118 valence electrons. The first-order chi connectivity index (χ1) is 9.32. The van der Waals surface area contributed by atoms with Crippen molar-refractivity contribution in [2.75, 3.05) is 13.1 Å². The van der Waals surface area contributed by atoms with Crippen LogP contribution in [0, 0.1) is 10.1 Å². The van der Waals surface area contributed by atoms with Gasteiger partial charge in [-0.15, -0.1) is 12.4 Å². The lowest BCUT2D eigenvalue weighted by Crippen LogP contribution is -2.45. The maximum absolute atomic E-state index is 12.5. The molecule has 0 radical (unpaired) electrons. The third kappa shape index (κ3) is 3.83. The molecule has 21 heavy (non-hydrogen) atoms. The second-order valence-electron chi connectivity index (χ2n) is 4.63. The predicted molar refractivity (Wildman–Crippen MR) is 81.3 cm³/mol. The molecule has 1 aliphatic rings. The van der Waals surface area contributed by atoms with Gasteiger partial charge < -0.3 is 5.73 Å². The number of nitro groups is 1. The van der Waals surface area contributed by atoms with Crippen molar-refractivity contribution in [3.63, 3.8) is 0 Å². The zero-order valence-electron chi connectivity index (χ0n) is 10.9. The lowest BCUT2D eigenvalue weighted by molar-refractivity contribution is -0.387. The molecule has 1 unspecified atom stereocenters. The van der Waals surface area contributed by atoms with E-state index in [1.165, 1.54) is 10.4 Å². The molecular formula is C11H15Cl2N3O4S. The van der Waals surface area contributed by atoms with Gasteiger partial charge in [0, 0.05) is 30.2 Å². The number of hydrogen-bond acceptors (Lipinski definition) is 5. The van der Waals surface area contributed by atoms with E-state index in [4.69, 9.17) is 17.3 Å². The number of rotatable bonds is 3. The van der Waals surface area contributed by atoms with Crippen LogP contribution in [-0.2, 0) is 10.0 Å². The lowest BCUT2D eigenvalue weighted by atomic mass is 10.1. The molecule has 0 amide bonds. The van der Waals surface area contributed by atoms with Crippen LogP contribution in [0.15, 0.2) is 23.1 Å². The van der Waals surface area contributed by atoms with Crippen LogP contribution in [0.3, 0.4) is 0 Å². The van der Waals surface area contributed by atoms with E-state index in [0.29, 0.717) is 13.0 Å². The molecule has 7 nitrogen and oxygen atoms in total. The molecule has 1 fully saturated rings. The van der Waals surface area contributed by atoms with Crippen molar-refractivity contribution in [1.82, 2.24) is 4.31 Å². The highest BCUT2D eigenvalue weighted by molar-refractivity contribution is 7.89. The minimum absolute atomic E-state index is 0. The molecule has 1 aliphatic heterocycles. The Hall–Kier alpha value is -0.930. The van der Waals surface area contributed by atoms with E-state index in [2.05, 4.69) is 0 Å². The maximum atomic E-state index is 12.5. The summed E-state index contributed by atoms with van der Waals surface area (Å²) < 4.78 is 26.2. The first-order valence-electron chi connectivity index (χ1n) is 6.02. The zero-order valence-corrected chi connectivity index (χ0v) is 13.3. The van der Waals surface area contributed by atoms with E-state index < -0.39 is 20.6 Å². The summed E-state index contributed by atoms with van der Waals surface area (Å²) in [4.78, 5) is 9.87. The summed E-state index contributed by atoms with van der Waals surface area (Å²) in [7, 11) is -3.97. The van der Waals surface area contributed by atoms with Crippen LogP contribution in [-0.4, -0.2) is 36.8 Å². The Kier molecular flexibility index (Phi) is 5.94. The molecule has 0 aromatic heterocycles. The van der Waals surface area contributed by atoms with Crippen LogP contribution in [0.2, 0.25) is 5.02 Å². The number of nitrogens with two attached hydrogens (primary N) is 1. The van der Waals surface area contributed by atoms with Gasteiger partial charge in [-0.3, -0.25) is 10.1 Å². The highest BCUT2D eigenvalue weighted by Crippen LogP contribution is 2.30. The van der Waals surface area contributed by atoms with E-state index in [1.807, 2.05) is 0 Å². The van der Waals surface area contributed by atoms with Crippen LogP contribution in [0.25, 0.3) is 0 Å². The largest absolute Gasteiger partial charge is 0.327 e. The molecule has 2 N–H and O–H groups in total. The normalized spacial score (nSPS) is 19.8. The van der Waals surface area contributed by atoms with Gasteiger partial charge in [0.2, 0.25) is 10.0 Å². The number of hydrogen-bond donors (Lipinski definition) is 1. The van der Waals surface area contributed by atoms with Crippen LogP contribution in [0.5, 0.6) is 0 Å². The number of halogens is 2. The quantitative estimate of drug-likeness (QED) is 0.656. The Morgan fingerprint density at radius 3 is 2.67 bits per heavy atom. The van der Waals surface area contributed by atoms with Gasteiger partial charge in [-0.1, -0.05) is 11.6 Å². The van der Waals surface area contributed by atoms with E-state index >= 15 is 0 Å². The molecule has 1 aromatic rings. The Morgan fingerprint density at radius 1 is 1.43 bits per heavy atom. The average Bonchev–Trinajstić information content (AvgIpc) is 2.38. The summed E-state index contributed by atoms with van der Waals surface area (Å²) in [5, 5.41) is 11.1. The first kappa shape index (κ1) is 18.1. The average molecular weight is 356 g/mol. The van der Waals surface area contributed by atoms with Gasteiger partial charge in [-0.05, 0) is 25.0 Å². The zero-order chi connectivity index (χ0) is 14.9. The molecule has 0 saturated carbocycles. The standard InChI is InChI=1S/C11H14ClN3O4S.ClH/c12-8-3-4-10(15(16)17)11(6-8)20(18,19)14-5-1-2-9(13)7-14;/h3-4,6,9H,1-2,5,7,13H2;1H. The Balaban J connectivity index is 0.00000220. The van der Waals surface area contributed by atoms with Gasteiger partial charge >= 0.3 is 0 Å². The third-order valence-corrected chi connectivity index (χ3v) is 5.29. The van der Waals surface area contributed by atoms with Gasteiger partial charge in [0.25, 0.3) is 5.69 Å². The summed E-state index contributed by atoms with van der Waals surface area (Å²) in [5.74, 6) is 0. The fourth-order valence-electron chi connectivity index (χ4n) is 2.18. The summed E-state index contributed by atoms with van der Waals surface area (Å²) in [6, 6.07) is 3.24. The molecule has 0 aliphatic carbocycles. The van der Waals surface area contributed by atoms with Gasteiger partial charge in [0.05, 0.1) is 4.92 Å². The molecule has 2 rings (SSSR count). The molecule has 10 heteroatoms. The van der Waals surface area contributed by atoms with Crippen molar-refractivity contribution in [1.29, 1.82) is 0 Å². The Bertz CT molecular complexity index is 638. The van der Waals surface area contributed by atoms with E-state index in [0.717, 1.165) is 18.6 Å². The molecule has 1 heterocycles. The van der Waals surface area contributed by atoms with Crippen LogP contribution >= 0.6 is 24.0 Å². The van der Waals surface area contributed by atoms with E-state index in [9.17, 15) is 18.5 Å². The van der Waals surface area contributed by atoms with E-state index in [-0.39, 0.29) is 34.9 Å². The Labute approximate surface area is 133 Å². The van der Waals surface area contributed by atoms with Crippen LogP contribution in [0.1, 0.15) is 12.8 Å². The SMILES string of the molecule is Cl.NC1CCCN(S(=O)(=O)c2cc(Cl)ccc2[N+](=O)[O-])C1. The molecule has 1 atom stereocenters. The van der Waals surface area contributed by atoms with Gasteiger partial charge in [-0.2, -0.15) is 4.31 Å². The molecule has 0 spiro atoms. The molecule has 1 aromatic carbocycles. The van der Waals surface area contributed by atoms with Gasteiger partial charge in [0.1, 0.15) is 0 Å².